The van der Waals surface area contributed by atoms with Gasteiger partial charge in [0.15, 0.2) is 0 Å². The van der Waals surface area contributed by atoms with Gasteiger partial charge in [-0.15, -0.1) is 0 Å². The second-order valence-corrected chi connectivity index (χ2v) is 9.19. The molecule has 0 aromatic heterocycles. The molecular formula is C19H30N2O3S. The molecular weight excluding hydrogens is 336 g/mol. The third-order valence-electron chi connectivity index (χ3n) is 5.23. The normalized spacial score (nSPS) is 18.1. The van der Waals surface area contributed by atoms with Gasteiger partial charge in [-0.05, 0) is 69.2 Å². The van der Waals surface area contributed by atoms with Gasteiger partial charge in [0.1, 0.15) is 0 Å². The lowest BCUT2D eigenvalue weighted by atomic mass is 10.0. The van der Waals surface area contributed by atoms with Crippen LogP contribution in [0.15, 0.2) is 17.0 Å². The molecule has 0 bridgehead atoms. The lowest BCUT2D eigenvalue weighted by molar-refractivity contribution is 0.0939. The number of benzene rings is 1. The molecule has 1 N–H and O–H groups in total. The summed E-state index contributed by atoms with van der Waals surface area (Å²) < 4.78 is 27.8. The van der Waals surface area contributed by atoms with Crippen molar-refractivity contribution in [2.24, 2.45) is 5.92 Å². The third-order valence-corrected chi connectivity index (χ3v) is 7.26. The zero-order valence-electron chi connectivity index (χ0n) is 15.9. The molecule has 6 heteroatoms. The maximum absolute atomic E-state index is 13.1. The van der Waals surface area contributed by atoms with Crippen LogP contribution in [0.25, 0.3) is 0 Å². The highest BCUT2D eigenvalue weighted by Crippen LogP contribution is 2.28. The molecule has 1 aliphatic rings. The Kier molecular flexibility index (Phi) is 6.27. The highest BCUT2D eigenvalue weighted by atomic mass is 32.2. The Hall–Kier alpha value is -1.40. The van der Waals surface area contributed by atoms with Crippen LogP contribution in [0.5, 0.6) is 0 Å². The van der Waals surface area contributed by atoms with Crippen molar-refractivity contribution in [3.05, 3.63) is 28.8 Å². The summed E-state index contributed by atoms with van der Waals surface area (Å²) in [7, 11) is -3.58. The molecule has 1 aliphatic heterocycles. The molecule has 1 amide bonds. The van der Waals surface area contributed by atoms with Gasteiger partial charge in [0.25, 0.3) is 5.91 Å². The lowest BCUT2D eigenvalue weighted by Gasteiger charge is -2.30. The van der Waals surface area contributed by atoms with Crippen molar-refractivity contribution < 1.29 is 13.2 Å². The fourth-order valence-electron chi connectivity index (χ4n) is 3.00. The number of aryl methyl sites for hydroxylation is 1. The molecule has 1 unspecified atom stereocenters. The van der Waals surface area contributed by atoms with Gasteiger partial charge in [-0.3, -0.25) is 4.79 Å². The predicted molar refractivity (Wildman–Crippen MR) is 100 cm³/mol. The minimum Gasteiger partial charge on any atom is -0.350 e. The fourth-order valence-corrected chi connectivity index (χ4v) is 4.79. The number of hydrogen-bond donors (Lipinski definition) is 1. The van der Waals surface area contributed by atoms with Crippen LogP contribution >= 0.6 is 0 Å². The number of rotatable bonds is 5. The predicted octanol–water partition coefficient (Wildman–Crippen LogP) is 3.25. The number of carbonyl (C=O) groups is 1. The summed E-state index contributed by atoms with van der Waals surface area (Å²) in [6.45, 7) is 10.8. The summed E-state index contributed by atoms with van der Waals surface area (Å²) in [4.78, 5) is 12.7. The van der Waals surface area contributed by atoms with Crippen molar-refractivity contribution in [2.45, 2.75) is 64.8 Å². The first-order chi connectivity index (χ1) is 11.7. The van der Waals surface area contributed by atoms with Gasteiger partial charge < -0.3 is 5.32 Å². The molecule has 0 radical (unpaired) electrons. The van der Waals surface area contributed by atoms with E-state index in [9.17, 15) is 13.2 Å². The number of carbonyl (C=O) groups excluding carboxylic acids is 1. The number of sulfonamides is 1. The molecule has 1 heterocycles. The highest BCUT2D eigenvalue weighted by molar-refractivity contribution is 7.89. The zero-order valence-corrected chi connectivity index (χ0v) is 16.7. The van der Waals surface area contributed by atoms with Crippen LogP contribution in [-0.4, -0.2) is 37.8 Å². The van der Waals surface area contributed by atoms with E-state index in [0.29, 0.717) is 24.6 Å². The molecule has 0 aliphatic carbocycles. The Morgan fingerprint density at radius 2 is 1.88 bits per heavy atom. The lowest BCUT2D eigenvalue weighted by Crippen LogP contribution is -2.38. The van der Waals surface area contributed by atoms with Crippen LogP contribution in [0.3, 0.4) is 0 Å². The van der Waals surface area contributed by atoms with Crippen LogP contribution in [0.2, 0.25) is 0 Å². The van der Waals surface area contributed by atoms with E-state index in [0.717, 1.165) is 30.4 Å². The number of amides is 1. The largest absolute Gasteiger partial charge is 0.350 e. The van der Waals surface area contributed by atoms with E-state index in [2.05, 4.69) is 12.2 Å². The summed E-state index contributed by atoms with van der Waals surface area (Å²) in [5.41, 5.74) is 1.95. The van der Waals surface area contributed by atoms with E-state index in [-0.39, 0.29) is 16.8 Å². The van der Waals surface area contributed by atoms with E-state index in [1.807, 2.05) is 27.7 Å². The van der Waals surface area contributed by atoms with Gasteiger partial charge in [0.05, 0.1) is 4.90 Å². The summed E-state index contributed by atoms with van der Waals surface area (Å²) in [5.74, 6) is 0.336. The quantitative estimate of drug-likeness (QED) is 0.870. The molecule has 5 nitrogen and oxygen atoms in total. The maximum Gasteiger partial charge on any atom is 0.251 e. The molecule has 2 rings (SSSR count). The van der Waals surface area contributed by atoms with Crippen molar-refractivity contribution in [1.82, 2.24) is 9.62 Å². The van der Waals surface area contributed by atoms with Gasteiger partial charge in [-0.1, -0.05) is 13.8 Å². The Labute approximate surface area is 151 Å². The maximum atomic E-state index is 13.1. The Bertz CT molecular complexity index is 735. The van der Waals surface area contributed by atoms with Gasteiger partial charge in [-0.25, -0.2) is 8.42 Å². The van der Waals surface area contributed by atoms with Crippen LogP contribution < -0.4 is 5.32 Å². The Morgan fingerprint density at radius 3 is 2.44 bits per heavy atom. The number of nitrogens with one attached hydrogen (secondary N) is 1. The summed E-state index contributed by atoms with van der Waals surface area (Å²) in [6, 6.07) is 3.36. The Morgan fingerprint density at radius 1 is 1.28 bits per heavy atom. The van der Waals surface area contributed by atoms with Crippen molar-refractivity contribution in [1.29, 1.82) is 0 Å². The van der Waals surface area contributed by atoms with Crippen LogP contribution in [0, 0.1) is 19.8 Å². The highest BCUT2D eigenvalue weighted by Gasteiger charge is 2.30. The SMILES string of the molecule is CCC(C)NC(=O)c1cc(C)c(C)c(S(=O)(=O)N2CCC(C)CC2)c1. The molecule has 0 spiro atoms. The Balaban J connectivity index is 2.38. The second-order valence-electron chi connectivity index (χ2n) is 7.29. The monoisotopic (exact) mass is 366 g/mol. The van der Waals surface area contributed by atoms with Crippen molar-refractivity contribution in [3.8, 4) is 0 Å². The van der Waals surface area contributed by atoms with E-state index >= 15 is 0 Å². The van der Waals surface area contributed by atoms with Gasteiger partial charge in [-0.2, -0.15) is 4.31 Å². The van der Waals surface area contributed by atoms with Gasteiger partial charge in [0, 0.05) is 24.7 Å². The van der Waals surface area contributed by atoms with Crippen LogP contribution in [-0.2, 0) is 10.0 Å². The molecule has 1 saturated heterocycles. The first-order valence-electron chi connectivity index (χ1n) is 9.09. The summed E-state index contributed by atoms with van der Waals surface area (Å²) in [6.07, 6.45) is 2.59. The zero-order chi connectivity index (χ0) is 18.8. The molecule has 1 atom stereocenters. The molecule has 1 aromatic carbocycles. The molecule has 0 saturated carbocycles. The summed E-state index contributed by atoms with van der Waals surface area (Å²) >= 11 is 0. The van der Waals surface area contributed by atoms with E-state index in [4.69, 9.17) is 0 Å². The van der Waals surface area contributed by atoms with Crippen molar-refractivity contribution in [2.75, 3.05) is 13.1 Å². The van der Waals surface area contributed by atoms with Gasteiger partial charge in [0.2, 0.25) is 10.0 Å². The average Bonchev–Trinajstić information content (AvgIpc) is 2.57. The topological polar surface area (TPSA) is 66.5 Å². The second kappa shape index (κ2) is 7.87. The van der Waals surface area contributed by atoms with E-state index in [1.54, 1.807) is 10.4 Å². The number of nitrogens with zero attached hydrogens (tertiary/aromatic N) is 1. The fraction of sp³-hybridized carbons (Fsp3) is 0.632. The molecule has 140 valence electrons. The molecule has 1 fully saturated rings. The average molecular weight is 367 g/mol. The number of piperidine rings is 1. The molecule has 1 aromatic rings. The van der Waals surface area contributed by atoms with Crippen molar-refractivity contribution >= 4 is 15.9 Å². The van der Waals surface area contributed by atoms with Crippen molar-refractivity contribution in [3.63, 3.8) is 0 Å². The standard InChI is InChI=1S/C19H30N2O3S/c1-6-15(4)20-19(22)17-11-14(3)16(5)18(12-17)25(23,24)21-9-7-13(2)8-10-21/h11-13,15H,6-10H2,1-5H3,(H,20,22). The third kappa shape index (κ3) is 4.42. The van der Waals surface area contributed by atoms with E-state index < -0.39 is 10.0 Å². The van der Waals surface area contributed by atoms with Crippen LogP contribution in [0.4, 0.5) is 0 Å². The van der Waals surface area contributed by atoms with E-state index in [1.165, 1.54) is 6.07 Å². The first kappa shape index (κ1) is 19.9. The molecule has 25 heavy (non-hydrogen) atoms. The first-order valence-corrected chi connectivity index (χ1v) is 10.5. The number of hydrogen-bond acceptors (Lipinski definition) is 3. The van der Waals surface area contributed by atoms with Crippen LogP contribution in [0.1, 0.15) is 61.5 Å². The minimum atomic E-state index is -3.58. The van der Waals surface area contributed by atoms with Gasteiger partial charge >= 0.3 is 0 Å². The smallest absolute Gasteiger partial charge is 0.251 e. The minimum absolute atomic E-state index is 0.0535. The summed E-state index contributed by atoms with van der Waals surface area (Å²) in [5, 5.41) is 2.91.